The molecule has 1 aliphatic carbocycles. The molecule has 2 aliphatic rings. The summed E-state index contributed by atoms with van der Waals surface area (Å²) in [6.07, 6.45) is 3.27. The average molecular weight is 332 g/mol. The molecule has 6 nitrogen and oxygen atoms in total. The third-order valence-corrected chi connectivity index (χ3v) is 4.78. The first-order valence-electron chi connectivity index (χ1n) is 8.00. The lowest BCUT2D eigenvalue weighted by Gasteiger charge is -2.20. The van der Waals surface area contributed by atoms with Gasteiger partial charge < -0.3 is 19.7 Å². The second-order valence-electron chi connectivity index (χ2n) is 6.52. The number of carboxylic acids is 1. The van der Waals surface area contributed by atoms with Crippen molar-refractivity contribution in [3.8, 4) is 0 Å². The number of benzene rings is 1. The summed E-state index contributed by atoms with van der Waals surface area (Å²) in [6.45, 7) is 0.897. The number of carboxylic acid groups (broad SMARTS) is 1. The average Bonchev–Trinajstić information content (AvgIpc) is 3.28. The summed E-state index contributed by atoms with van der Waals surface area (Å²) in [6, 6.07) is 2.88. The number of aromatic nitrogens is 1. The Labute approximate surface area is 136 Å². The first kappa shape index (κ1) is 15.1. The van der Waals surface area contributed by atoms with Gasteiger partial charge in [-0.25, -0.2) is 9.18 Å². The molecule has 0 unspecified atom stereocenters. The van der Waals surface area contributed by atoms with Crippen molar-refractivity contribution in [1.82, 2.24) is 4.57 Å². The fraction of sp³-hybridized carbons (Fsp3) is 0.412. The smallest absolute Gasteiger partial charge is 0.341 e. The SMILES string of the molecule is O=C(O)c1cn(C2CC2)c2cc(N3CC[C@H](O)C3)c(F)cc2c1=O. The first-order chi connectivity index (χ1) is 11.5. The van der Waals surface area contributed by atoms with Gasteiger partial charge in [0, 0.05) is 30.7 Å². The number of nitrogens with zero attached hydrogens (tertiary/aromatic N) is 2. The lowest BCUT2D eigenvalue weighted by molar-refractivity contribution is 0.0695. The van der Waals surface area contributed by atoms with E-state index in [0.717, 1.165) is 18.9 Å². The molecule has 0 amide bonds. The predicted octanol–water partition coefficient (Wildman–Crippen LogP) is 1.74. The molecule has 1 saturated heterocycles. The lowest BCUT2D eigenvalue weighted by atomic mass is 10.1. The number of β-amino-alcohol motifs (C(OH)–C–C–N with tert-alkyl or cyclic N) is 1. The molecular weight excluding hydrogens is 315 g/mol. The van der Waals surface area contributed by atoms with Crippen LogP contribution in [-0.2, 0) is 0 Å². The summed E-state index contributed by atoms with van der Waals surface area (Å²) >= 11 is 0. The van der Waals surface area contributed by atoms with Crippen molar-refractivity contribution in [2.75, 3.05) is 18.0 Å². The van der Waals surface area contributed by atoms with Crippen LogP contribution in [0.2, 0.25) is 0 Å². The molecule has 0 bridgehead atoms. The van der Waals surface area contributed by atoms with Crippen LogP contribution in [0.1, 0.15) is 35.7 Å². The van der Waals surface area contributed by atoms with Crippen molar-refractivity contribution < 1.29 is 19.4 Å². The van der Waals surface area contributed by atoms with Crippen LogP contribution >= 0.6 is 0 Å². The molecule has 1 saturated carbocycles. The molecule has 2 heterocycles. The Hall–Kier alpha value is -2.41. The molecule has 0 spiro atoms. The van der Waals surface area contributed by atoms with E-state index in [1.54, 1.807) is 15.5 Å². The number of hydrogen-bond donors (Lipinski definition) is 2. The predicted molar refractivity (Wildman–Crippen MR) is 86.2 cm³/mol. The zero-order chi connectivity index (χ0) is 17.0. The number of aromatic carboxylic acids is 1. The van der Waals surface area contributed by atoms with Crippen LogP contribution in [0.4, 0.5) is 10.1 Å². The van der Waals surface area contributed by atoms with Crippen LogP contribution in [0.25, 0.3) is 10.9 Å². The maximum Gasteiger partial charge on any atom is 0.341 e. The highest BCUT2D eigenvalue weighted by atomic mass is 19.1. The molecule has 126 valence electrons. The fourth-order valence-electron chi connectivity index (χ4n) is 3.37. The molecule has 2 aromatic rings. The van der Waals surface area contributed by atoms with Gasteiger partial charge in [-0.05, 0) is 31.4 Å². The minimum Gasteiger partial charge on any atom is -0.477 e. The van der Waals surface area contributed by atoms with Crippen molar-refractivity contribution in [2.45, 2.75) is 31.4 Å². The minimum absolute atomic E-state index is 0.0859. The lowest BCUT2D eigenvalue weighted by Crippen LogP contribution is -2.23. The third-order valence-electron chi connectivity index (χ3n) is 4.78. The molecule has 2 N–H and O–H groups in total. The summed E-state index contributed by atoms with van der Waals surface area (Å²) in [5.74, 6) is -1.87. The summed E-state index contributed by atoms with van der Waals surface area (Å²) < 4.78 is 16.3. The monoisotopic (exact) mass is 332 g/mol. The van der Waals surface area contributed by atoms with Gasteiger partial charge in [-0.1, -0.05) is 0 Å². The minimum atomic E-state index is -1.30. The molecule has 0 radical (unpaired) electrons. The van der Waals surface area contributed by atoms with Gasteiger partial charge in [0.2, 0.25) is 5.43 Å². The number of aliphatic hydroxyl groups is 1. The molecule has 1 aliphatic heterocycles. The van der Waals surface area contributed by atoms with Crippen LogP contribution in [0.5, 0.6) is 0 Å². The van der Waals surface area contributed by atoms with Crippen LogP contribution in [-0.4, -0.2) is 39.9 Å². The molecule has 1 atom stereocenters. The molecule has 2 fully saturated rings. The van der Waals surface area contributed by atoms with Crippen molar-refractivity contribution in [3.63, 3.8) is 0 Å². The number of halogens is 1. The van der Waals surface area contributed by atoms with Gasteiger partial charge in [0.1, 0.15) is 11.4 Å². The van der Waals surface area contributed by atoms with E-state index >= 15 is 0 Å². The van der Waals surface area contributed by atoms with Crippen molar-refractivity contribution in [3.05, 3.63) is 39.9 Å². The zero-order valence-electron chi connectivity index (χ0n) is 12.9. The summed E-state index contributed by atoms with van der Waals surface area (Å²) in [5.41, 5.74) is -0.110. The Bertz CT molecular complexity index is 904. The van der Waals surface area contributed by atoms with E-state index in [9.17, 15) is 24.2 Å². The van der Waals surface area contributed by atoms with Gasteiger partial charge in [-0.15, -0.1) is 0 Å². The largest absolute Gasteiger partial charge is 0.477 e. The Morgan fingerprint density at radius 2 is 2.00 bits per heavy atom. The highest BCUT2D eigenvalue weighted by Crippen LogP contribution is 2.38. The number of carbonyl (C=O) groups is 1. The normalized spacial score (nSPS) is 20.8. The van der Waals surface area contributed by atoms with Gasteiger partial charge in [-0.2, -0.15) is 0 Å². The van der Waals surface area contributed by atoms with Gasteiger partial charge >= 0.3 is 5.97 Å². The molecule has 7 heteroatoms. The summed E-state index contributed by atoms with van der Waals surface area (Å²) in [7, 11) is 0. The van der Waals surface area contributed by atoms with Gasteiger partial charge in [0.25, 0.3) is 0 Å². The maximum atomic E-state index is 14.5. The second kappa shape index (κ2) is 5.31. The van der Waals surface area contributed by atoms with Gasteiger partial charge in [0.15, 0.2) is 0 Å². The van der Waals surface area contributed by atoms with Crippen molar-refractivity contribution >= 4 is 22.6 Å². The highest BCUT2D eigenvalue weighted by Gasteiger charge is 2.29. The number of anilines is 1. The van der Waals surface area contributed by atoms with E-state index in [0.29, 0.717) is 30.7 Å². The van der Waals surface area contributed by atoms with E-state index in [2.05, 4.69) is 0 Å². The number of rotatable bonds is 3. The summed E-state index contributed by atoms with van der Waals surface area (Å²) in [4.78, 5) is 25.5. The van der Waals surface area contributed by atoms with Crippen LogP contribution in [0.3, 0.4) is 0 Å². The molecule has 24 heavy (non-hydrogen) atoms. The number of hydrogen-bond acceptors (Lipinski definition) is 4. The number of pyridine rings is 1. The van der Waals surface area contributed by atoms with E-state index in [1.807, 2.05) is 0 Å². The van der Waals surface area contributed by atoms with E-state index in [1.165, 1.54) is 6.20 Å². The molecular formula is C17H17FN2O4. The Morgan fingerprint density at radius 3 is 2.58 bits per heavy atom. The molecule has 1 aromatic carbocycles. The van der Waals surface area contributed by atoms with Gasteiger partial charge in [0.05, 0.1) is 17.3 Å². The van der Waals surface area contributed by atoms with E-state index < -0.39 is 23.3 Å². The quantitative estimate of drug-likeness (QED) is 0.895. The third kappa shape index (κ3) is 2.36. The molecule has 1 aromatic heterocycles. The zero-order valence-corrected chi connectivity index (χ0v) is 12.9. The van der Waals surface area contributed by atoms with Crippen LogP contribution in [0, 0.1) is 5.82 Å². The highest BCUT2D eigenvalue weighted by molar-refractivity contribution is 5.93. The second-order valence-corrected chi connectivity index (χ2v) is 6.52. The number of fused-ring (bicyclic) bond motifs is 1. The molecule has 4 rings (SSSR count). The number of aliphatic hydroxyl groups excluding tert-OH is 1. The Kier molecular flexibility index (Phi) is 3.35. The standard InChI is InChI=1S/C17H17FN2O4/c18-13-5-11-14(6-15(13)19-4-3-10(21)7-19)20(9-1-2-9)8-12(16(11)22)17(23)24/h5-6,8-10,21H,1-4,7H2,(H,23,24)/t10-/m0/s1. The van der Waals surface area contributed by atoms with E-state index in [4.69, 9.17) is 0 Å². The fourth-order valence-corrected chi connectivity index (χ4v) is 3.37. The Morgan fingerprint density at radius 1 is 1.25 bits per heavy atom. The van der Waals surface area contributed by atoms with E-state index in [-0.39, 0.29) is 17.0 Å². The van der Waals surface area contributed by atoms with Crippen molar-refractivity contribution in [1.29, 1.82) is 0 Å². The Balaban J connectivity index is 1.95. The van der Waals surface area contributed by atoms with Crippen LogP contribution in [0.15, 0.2) is 23.1 Å². The topological polar surface area (TPSA) is 82.8 Å². The first-order valence-corrected chi connectivity index (χ1v) is 8.00. The maximum absolute atomic E-state index is 14.5. The van der Waals surface area contributed by atoms with Gasteiger partial charge in [-0.3, -0.25) is 4.79 Å². The van der Waals surface area contributed by atoms with Crippen LogP contribution < -0.4 is 10.3 Å². The summed E-state index contributed by atoms with van der Waals surface area (Å²) in [5, 5.41) is 19.0. The van der Waals surface area contributed by atoms with Crippen molar-refractivity contribution in [2.24, 2.45) is 0 Å².